The van der Waals surface area contributed by atoms with Crippen LogP contribution in [0.5, 0.6) is 5.75 Å². The van der Waals surface area contributed by atoms with Gasteiger partial charge >= 0.3 is 0 Å². The number of methoxy groups -OCH3 is 1. The fourth-order valence-electron chi connectivity index (χ4n) is 1.92. The summed E-state index contributed by atoms with van der Waals surface area (Å²) in [7, 11) is 1.61. The number of aryl methyl sites for hydroxylation is 1. The molecule has 0 saturated carbocycles. The number of halogens is 1. The van der Waals surface area contributed by atoms with E-state index in [0.29, 0.717) is 21.2 Å². The van der Waals surface area contributed by atoms with Gasteiger partial charge in [-0.2, -0.15) is 0 Å². The van der Waals surface area contributed by atoms with Gasteiger partial charge in [-0.3, -0.25) is 0 Å². The van der Waals surface area contributed by atoms with E-state index < -0.39 is 0 Å². The second-order valence-electron chi connectivity index (χ2n) is 4.19. The summed E-state index contributed by atoms with van der Waals surface area (Å²) < 4.78 is 5.96. The lowest BCUT2D eigenvalue weighted by Crippen LogP contribution is -2.00. The van der Waals surface area contributed by atoms with Crippen molar-refractivity contribution in [3.63, 3.8) is 0 Å². The van der Waals surface area contributed by atoms with E-state index in [1.165, 1.54) is 0 Å². The van der Waals surface area contributed by atoms with Crippen LogP contribution >= 0.6 is 23.8 Å². The van der Waals surface area contributed by atoms with E-state index >= 15 is 0 Å². The van der Waals surface area contributed by atoms with Gasteiger partial charge in [-0.25, -0.2) is 4.98 Å². The number of H-pyrrole nitrogens is 1. The van der Waals surface area contributed by atoms with E-state index in [9.17, 15) is 0 Å². The minimum Gasteiger partial charge on any atom is -0.496 e. The van der Waals surface area contributed by atoms with Gasteiger partial charge in [0, 0.05) is 16.3 Å². The first-order valence-electron chi connectivity index (χ1n) is 6.00. The van der Waals surface area contributed by atoms with Crippen molar-refractivity contribution in [3.05, 3.63) is 39.1 Å². The molecule has 5 heteroatoms. The van der Waals surface area contributed by atoms with Crippen molar-refractivity contribution in [2.24, 2.45) is 0 Å². The molecule has 19 heavy (non-hydrogen) atoms. The lowest BCUT2D eigenvalue weighted by molar-refractivity contribution is 0.416. The summed E-state index contributed by atoms with van der Waals surface area (Å²) in [6, 6.07) is 5.45. The molecule has 0 spiro atoms. The van der Waals surface area contributed by atoms with Crippen LogP contribution in [0.15, 0.2) is 18.2 Å². The predicted molar refractivity (Wildman–Crippen MR) is 80.5 cm³/mol. The normalized spacial score (nSPS) is 10.5. The average Bonchev–Trinajstić information content (AvgIpc) is 2.41. The van der Waals surface area contributed by atoms with Gasteiger partial charge < -0.3 is 9.72 Å². The van der Waals surface area contributed by atoms with E-state index in [4.69, 9.17) is 28.6 Å². The molecule has 2 aromatic rings. The van der Waals surface area contributed by atoms with Gasteiger partial charge in [-0.05, 0) is 31.5 Å². The number of ether oxygens (including phenoxy) is 1. The number of hydrogen-bond donors (Lipinski definition) is 1. The third kappa shape index (κ3) is 2.80. The number of aromatic nitrogens is 2. The topological polar surface area (TPSA) is 37.9 Å². The molecule has 0 fully saturated rings. The summed E-state index contributed by atoms with van der Waals surface area (Å²) in [4.78, 5) is 7.74. The van der Waals surface area contributed by atoms with Crippen LogP contribution < -0.4 is 4.74 Å². The van der Waals surface area contributed by atoms with Crippen molar-refractivity contribution in [1.29, 1.82) is 0 Å². The summed E-state index contributed by atoms with van der Waals surface area (Å²) in [5.74, 6) is 1.39. The zero-order valence-electron chi connectivity index (χ0n) is 11.1. The molecule has 0 saturated heterocycles. The van der Waals surface area contributed by atoms with Crippen molar-refractivity contribution in [2.45, 2.75) is 20.3 Å². The standard InChI is InChI=1S/C14H15ClN2OS/c1-4-11-8(2)14(19)17-13(16-11)10-6-5-9(15)7-12(10)18-3/h5-7H,4H2,1-3H3,(H,16,17,19). The first kappa shape index (κ1) is 14.0. The molecule has 2 rings (SSSR count). The van der Waals surface area contributed by atoms with Crippen LogP contribution in [0, 0.1) is 11.6 Å². The van der Waals surface area contributed by atoms with E-state index in [1.807, 2.05) is 19.1 Å². The third-order valence-electron chi connectivity index (χ3n) is 3.03. The third-order valence-corrected chi connectivity index (χ3v) is 3.66. The van der Waals surface area contributed by atoms with Crippen molar-refractivity contribution >= 4 is 23.8 Å². The molecular formula is C14H15ClN2OS. The average molecular weight is 295 g/mol. The van der Waals surface area contributed by atoms with Gasteiger partial charge in [0.05, 0.1) is 12.7 Å². The van der Waals surface area contributed by atoms with E-state index in [-0.39, 0.29) is 0 Å². The zero-order valence-corrected chi connectivity index (χ0v) is 12.7. The maximum atomic E-state index is 5.97. The predicted octanol–water partition coefficient (Wildman–Crippen LogP) is 4.34. The van der Waals surface area contributed by atoms with Gasteiger partial charge in [-0.1, -0.05) is 30.7 Å². The quantitative estimate of drug-likeness (QED) is 0.856. The first-order chi connectivity index (χ1) is 9.06. The molecular weight excluding hydrogens is 280 g/mol. The summed E-state index contributed by atoms with van der Waals surface area (Å²) >= 11 is 11.3. The Morgan fingerprint density at radius 2 is 2.16 bits per heavy atom. The highest BCUT2D eigenvalue weighted by atomic mass is 35.5. The molecule has 0 amide bonds. The first-order valence-corrected chi connectivity index (χ1v) is 6.79. The zero-order chi connectivity index (χ0) is 14.0. The largest absolute Gasteiger partial charge is 0.496 e. The molecule has 0 aliphatic heterocycles. The van der Waals surface area contributed by atoms with Crippen LogP contribution in [-0.4, -0.2) is 17.1 Å². The summed E-state index contributed by atoms with van der Waals surface area (Å²) in [5, 5.41) is 0.627. The Morgan fingerprint density at radius 1 is 1.42 bits per heavy atom. The van der Waals surface area contributed by atoms with E-state index in [1.54, 1.807) is 13.2 Å². The Kier molecular flexibility index (Phi) is 4.22. The molecule has 100 valence electrons. The molecule has 1 heterocycles. The smallest absolute Gasteiger partial charge is 0.142 e. The van der Waals surface area contributed by atoms with Crippen molar-refractivity contribution < 1.29 is 4.74 Å². The lowest BCUT2D eigenvalue weighted by Gasteiger charge is -2.11. The van der Waals surface area contributed by atoms with Crippen molar-refractivity contribution in [3.8, 4) is 17.1 Å². The van der Waals surface area contributed by atoms with Gasteiger partial charge in [0.25, 0.3) is 0 Å². The molecule has 1 N–H and O–H groups in total. The van der Waals surface area contributed by atoms with Crippen LogP contribution in [0.1, 0.15) is 18.2 Å². The number of rotatable bonds is 3. The monoisotopic (exact) mass is 294 g/mol. The van der Waals surface area contributed by atoms with Crippen LogP contribution in [0.2, 0.25) is 5.02 Å². The number of nitrogens with zero attached hydrogens (tertiary/aromatic N) is 1. The second-order valence-corrected chi connectivity index (χ2v) is 5.02. The van der Waals surface area contributed by atoms with Gasteiger partial charge in [0.2, 0.25) is 0 Å². The molecule has 0 bridgehead atoms. The van der Waals surface area contributed by atoms with Crippen LogP contribution in [0.4, 0.5) is 0 Å². The van der Waals surface area contributed by atoms with Crippen molar-refractivity contribution in [2.75, 3.05) is 7.11 Å². The SMILES string of the molecule is CCc1[nH]c(-c2ccc(Cl)cc2OC)nc(=S)c1C. The molecule has 0 aliphatic rings. The maximum Gasteiger partial charge on any atom is 0.142 e. The van der Waals surface area contributed by atoms with Crippen LogP contribution in [0.25, 0.3) is 11.4 Å². The fourth-order valence-corrected chi connectivity index (χ4v) is 2.30. The Bertz CT molecular complexity index is 667. The van der Waals surface area contributed by atoms with Gasteiger partial charge in [-0.15, -0.1) is 0 Å². The number of nitrogens with one attached hydrogen (secondary N) is 1. The molecule has 1 aromatic heterocycles. The molecule has 0 unspecified atom stereocenters. The van der Waals surface area contributed by atoms with Crippen LogP contribution in [-0.2, 0) is 6.42 Å². The Hall–Kier alpha value is -1.39. The highest BCUT2D eigenvalue weighted by Gasteiger charge is 2.11. The summed E-state index contributed by atoms with van der Waals surface area (Å²) in [5.41, 5.74) is 2.97. The maximum absolute atomic E-state index is 5.97. The Labute approximate surface area is 122 Å². The second kappa shape index (κ2) is 5.72. The lowest BCUT2D eigenvalue weighted by atomic mass is 10.1. The summed E-state index contributed by atoms with van der Waals surface area (Å²) in [6.45, 7) is 4.06. The molecule has 0 aliphatic carbocycles. The number of aromatic amines is 1. The molecule has 3 nitrogen and oxygen atoms in total. The van der Waals surface area contributed by atoms with E-state index in [0.717, 1.165) is 23.2 Å². The number of benzene rings is 1. The van der Waals surface area contributed by atoms with Gasteiger partial charge in [0.1, 0.15) is 16.2 Å². The number of hydrogen-bond acceptors (Lipinski definition) is 3. The van der Waals surface area contributed by atoms with Crippen molar-refractivity contribution in [1.82, 2.24) is 9.97 Å². The van der Waals surface area contributed by atoms with Crippen LogP contribution in [0.3, 0.4) is 0 Å². The Balaban J connectivity index is 2.65. The Morgan fingerprint density at radius 3 is 2.79 bits per heavy atom. The molecule has 0 atom stereocenters. The highest BCUT2D eigenvalue weighted by molar-refractivity contribution is 7.71. The minimum atomic E-state index is 0.614. The van der Waals surface area contributed by atoms with Gasteiger partial charge in [0.15, 0.2) is 0 Å². The minimum absolute atomic E-state index is 0.614. The fraction of sp³-hybridized carbons (Fsp3) is 0.286. The van der Waals surface area contributed by atoms with E-state index in [2.05, 4.69) is 16.9 Å². The molecule has 1 aromatic carbocycles. The molecule has 0 radical (unpaired) electrons. The highest BCUT2D eigenvalue weighted by Crippen LogP contribution is 2.30. The summed E-state index contributed by atoms with van der Waals surface area (Å²) in [6.07, 6.45) is 0.876.